The number of thiocarbonyl (C=S) groups is 1. The average molecular weight is 300 g/mol. The molecule has 0 amide bonds. The molecule has 104 valence electrons. The molecule has 0 radical (unpaired) electrons. The van der Waals surface area contributed by atoms with Crippen LogP contribution in [-0.4, -0.2) is 31.0 Å². The van der Waals surface area contributed by atoms with E-state index in [1.165, 1.54) is 0 Å². The summed E-state index contributed by atoms with van der Waals surface area (Å²) in [6, 6.07) is 9.78. The maximum absolute atomic E-state index is 5.58. The van der Waals surface area contributed by atoms with Crippen molar-refractivity contribution in [3.8, 4) is 0 Å². The lowest BCUT2D eigenvalue weighted by molar-refractivity contribution is 0.184. The maximum Gasteiger partial charge on any atom is 0.333 e. The Labute approximate surface area is 119 Å². The number of nitrogens with one attached hydrogen (secondary N) is 2. The molecule has 7 heteroatoms. The van der Waals surface area contributed by atoms with Crippen molar-refractivity contribution in [3.05, 3.63) is 30.3 Å². The molecule has 0 aliphatic carbocycles. The minimum atomic E-state index is -1.17. The minimum Gasteiger partial charge on any atom is -0.360 e. The van der Waals surface area contributed by atoms with Gasteiger partial charge in [-0.15, -0.1) is 0 Å². The van der Waals surface area contributed by atoms with E-state index in [1.807, 2.05) is 37.3 Å². The first kappa shape index (κ1) is 14.6. The zero-order valence-electron chi connectivity index (χ0n) is 10.7. The van der Waals surface area contributed by atoms with Crippen molar-refractivity contribution in [3.63, 3.8) is 0 Å². The Kier molecular flexibility index (Phi) is 5.94. The SMILES string of the molecule is C[C@H](CNC(=S)Nc1ccccc1)OP1OCCO1. The topological polar surface area (TPSA) is 51.8 Å². The van der Waals surface area contributed by atoms with E-state index in [2.05, 4.69) is 10.6 Å². The predicted molar refractivity (Wildman–Crippen MR) is 80.0 cm³/mol. The number of anilines is 1. The van der Waals surface area contributed by atoms with Gasteiger partial charge in [0.2, 0.25) is 0 Å². The van der Waals surface area contributed by atoms with Crippen molar-refractivity contribution in [1.82, 2.24) is 5.32 Å². The smallest absolute Gasteiger partial charge is 0.333 e. The number of rotatable bonds is 5. The van der Waals surface area contributed by atoms with Crippen LogP contribution in [0.25, 0.3) is 0 Å². The largest absolute Gasteiger partial charge is 0.360 e. The highest BCUT2D eigenvalue weighted by molar-refractivity contribution is 7.80. The van der Waals surface area contributed by atoms with Gasteiger partial charge in [-0.3, -0.25) is 0 Å². The van der Waals surface area contributed by atoms with E-state index in [1.54, 1.807) is 0 Å². The zero-order valence-corrected chi connectivity index (χ0v) is 12.4. The lowest BCUT2D eigenvalue weighted by Crippen LogP contribution is -2.34. The Balaban J connectivity index is 1.65. The molecule has 19 heavy (non-hydrogen) atoms. The summed E-state index contributed by atoms with van der Waals surface area (Å²) in [6.07, 6.45) is -0.0280. The molecular weight excluding hydrogens is 283 g/mol. The summed E-state index contributed by atoms with van der Waals surface area (Å²) in [5.41, 5.74) is 0.959. The van der Waals surface area contributed by atoms with E-state index in [9.17, 15) is 0 Å². The summed E-state index contributed by atoms with van der Waals surface area (Å²) in [7, 11) is -1.17. The zero-order chi connectivity index (χ0) is 13.5. The van der Waals surface area contributed by atoms with Crippen LogP contribution in [0.2, 0.25) is 0 Å². The van der Waals surface area contributed by atoms with Crippen molar-refractivity contribution in [2.45, 2.75) is 13.0 Å². The molecule has 5 nitrogen and oxygen atoms in total. The fraction of sp³-hybridized carbons (Fsp3) is 0.417. The highest BCUT2D eigenvalue weighted by Crippen LogP contribution is 2.44. The highest BCUT2D eigenvalue weighted by Gasteiger charge is 2.21. The summed E-state index contributed by atoms with van der Waals surface area (Å²) in [6.45, 7) is 3.77. The van der Waals surface area contributed by atoms with Crippen LogP contribution in [0.15, 0.2) is 30.3 Å². The van der Waals surface area contributed by atoms with Crippen LogP contribution in [0.5, 0.6) is 0 Å². The molecule has 1 aromatic rings. The first-order chi connectivity index (χ1) is 9.24. The lowest BCUT2D eigenvalue weighted by Gasteiger charge is -2.17. The minimum absolute atomic E-state index is 0.0280. The molecular formula is C12H17N2O3PS. The molecule has 0 bridgehead atoms. The van der Waals surface area contributed by atoms with Gasteiger partial charge in [-0.1, -0.05) is 18.2 Å². The number of para-hydroxylation sites is 1. The third-order valence-corrected chi connectivity index (χ3v) is 3.89. The fourth-order valence-electron chi connectivity index (χ4n) is 1.44. The number of benzene rings is 1. The first-order valence-electron chi connectivity index (χ1n) is 6.06. The van der Waals surface area contributed by atoms with Crippen molar-refractivity contribution in [1.29, 1.82) is 0 Å². The van der Waals surface area contributed by atoms with Crippen molar-refractivity contribution in [2.75, 3.05) is 25.1 Å². The quantitative estimate of drug-likeness (QED) is 0.644. The van der Waals surface area contributed by atoms with Crippen LogP contribution in [0.4, 0.5) is 5.69 Å². The highest BCUT2D eigenvalue weighted by atomic mass is 32.1. The molecule has 2 N–H and O–H groups in total. The molecule has 1 heterocycles. The molecule has 1 saturated heterocycles. The molecule has 0 unspecified atom stereocenters. The standard InChI is InChI=1S/C12H17N2O3PS/c1-10(17-18-15-7-8-16-18)9-13-12(19)14-11-5-3-2-4-6-11/h2-6,10H,7-9H2,1H3,(H2,13,14,19)/t10-/m1/s1. The van der Waals surface area contributed by atoms with Gasteiger partial charge in [-0.2, -0.15) is 0 Å². The van der Waals surface area contributed by atoms with Crippen LogP contribution in [0.1, 0.15) is 6.92 Å². The maximum atomic E-state index is 5.58. The summed E-state index contributed by atoms with van der Waals surface area (Å²) in [5.74, 6) is 0. The van der Waals surface area contributed by atoms with E-state index >= 15 is 0 Å². The van der Waals surface area contributed by atoms with Crippen molar-refractivity contribution >= 4 is 31.6 Å². The molecule has 1 aromatic carbocycles. The van der Waals surface area contributed by atoms with Gasteiger partial charge in [0, 0.05) is 12.2 Å². The molecule has 1 aliphatic rings. The van der Waals surface area contributed by atoms with Gasteiger partial charge in [-0.05, 0) is 31.3 Å². The second-order valence-electron chi connectivity index (χ2n) is 4.01. The Morgan fingerprint density at radius 1 is 1.37 bits per heavy atom. The van der Waals surface area contributed by atoms with E-state index in [4.69, 9.17) is 25.8 Å². The third-order valence-electron chi connectivity index (χ3n) is 2.32. The number of hydrogen-bond donors (Lipinski definition) is 2. The van der Waals surface area contributed by atoms with Gasteiger partial charge in [0.25, 0.3) is 0 Å². The second kappa shape index (κ2) is 7.72. The average Bonchev–Trinajstić information content (AvgIpc) is 2.90. The number of hydrogen-bond acceptors (Lipinski definition) is 4. The van der Waals surface area contributed by atoms with Gasteiger partial charge in [-0.25, -0.2) is 0 Å². The second-order valence-corrected chi connectivity index (χ2v) is 5.59. The van der Waals surface area contributed by atoms with Crippen LogP contribution < -0.4 is 10.6 Å². The van der Waals surface area contributed by atoms with Gasteiger partial charge >= 0.3 is 8.60 Å². The van der Waals surface area contributed by atoms with Crippen LogP contribution >= 0.6 is 20.8 Å². The van der Waals surface area contributed by atoms with Gasteiger partial charge < -0.3 is 24.2 Å². The first-order valence-corrected chi connectivity index (χ1v) is 7.57. The van der Waals surface area contributed by atoms with Crippen LogP contribution in [0, 0.1) is 0 Å². The molecule has 0 saturated carbocycles. The van der Waals surface area contributed by atoms with E-state index < -0.39 is 8.60 Å². The van der Waals surface area contributed by atoms with E-state index in [-0.39, 0.29) is 6.10 Å². The van der Waals surface area contributed by atoms with Gasteiger partial charge in [0.05, 0.1) is 19.3 Å². The van der Waals surface area contributed by atoms with Crippen LogP contribution in [0.3, 0.4) is 0 Å². The van der Waals surface area contributed by atoms with E-state index in [0.717, 1.165) is 5.69 Å². The van der Waals surface area contributed by atoms with Gasteiger partial charge in [0.15, 0.2) is 5.11 Å². The van der Waals surface area contributed by atoms with E-state index in [0.29, 0.717) is 24.9 Å². The molecule has 1 aliphatic heterocycles. The fourth-order valence-corrected chi connectivity index (χ4v) is 2.65. The predicted octanol–water partition coefficient (Wildman–Crippen LogP) is 2.65. The van der Waals surface area contributed by atoms with Crippen LogP contribution in [-0.2, 0) is 13.6 Å². The summed E-state index contributed by atoms with van der Waals surface area (Å²) < 4.78 is 16.1. The Morgan fingerprint density at radius 3 is 2.74 bits per heavy atom. The van der Waals surface area contributed by atoms with Gasteiger partial charge in [0.1, 0.15) is 0 Å². The summed E-state index contributed by atoms with van der Waals surface area (Å²) >= 11 is 5.20. The molecule has 1 atom stereocenters. The Morgan fingerprint density at radius 2 is 2.05 bits per heavy atom. The summed E-state index contributed by atoms with van der Waals surface area (Å²) in [4.78, 5) is 0. The molecule has 0 spiro atoms. The Bertz CT molecular complexity index is 401. The lowest BCUT2D eigenvalue weighted by atomic mass is 10.3. The van der Waals surface area contributed by atoms with Crippen molar-refractivity contribution in [2.24, 2.45) is 0 Å². The molecule has 1 fully saturated rings. The summed E-state index contributed by atoms with van der Waals surface area (Å²) in [5, 5.41) is 6.77. The van der Waals surface area contributed by atoms with Crippen molar-refractivity contribution < 1.29 is 13.6 Å². The molecule has 2 rings (SSSR count). The monoisotopic (exact) mass is 300 g/mol. The normalized spacial score (nSPS) is 17.1. The molecule has 0 aromatic heterocycles. The third kappa shape index (κ3) is 5.38. The Hall–Kier alpha value is -0.780.